The minimum absolute atomic E-state index is 0.141. The molecule has 1 heterocycles. The summed E-state index contributed by atoms with van der Waals surface area (Å²) in [6, 6.07) is 3.38. The summed E-state index contributed by atoms with van der Waals surface area (Å²) >= 11 is 11.8. The summed E-state index contributed by atoms with van der Waals surface area (Å²) in [5.74, 6) is -0.586. The van der Waals surface area contributed by atoms with Crippen molar-refractivity contribution in [2.45, 2.75) is 31.8 Å². The Hall–Kier alpha value is -1.83. The number of nitrogens with one attached hydrogen (secondary N) is 3. The van der Waals surface area contributed by atoms with Crippen LogP contribution in [0.15, 0.2) is 18.2 Å². The number of rotatable bonds is 7. The van der Waals surface area contributed by atoms with E-state index in [1.165, 1.54) is 12.1 Å². The van der Waals surface area contributed by atoms with E-state index >= 15 is 0 Å². The summed E-state index contributed by atoms with van der Waals surface area (Å²) in [4.78, 5) is 37.4. The Kier molecular flexibility index (Phi) is 6.64. The predicted molar refractivity (Wildman–Crippen MR) is 97.0 cm³/mol. The molecule has 1 aliphatic heterocycles. The van der Waals surface area contributed by atoms with E-state index < -0.39 is 18.0 Å². The lowest BCUT2D eigenvalue weighted by Gasteiger charge is -2.14. The van der Waals surface area contributed by atoms with Gasteiger partial charge in [-0.05, 0) is 38.6 Å². The highest BCUT2D eigenvalue weighted by Gasteiger charge is 2.39. The lowest BCUT2D eigenvalue weighted by molar-refractivity contribution is -0.121. The first-order valence-corrected chi connectivity index (χ1v) is 8.62. The van der Waals surface area contributed by atoms with Gasteiger partial charge in [0.2, 0.25) is 5.91 Å². The molecule has 1 aromatic rings. The molecule has 0 saturated carbocycles. The van der Waals surface area contributed by atoms with Gasteiger partial charge in [0, 0.05) is 19.0 Å². The molecule has 0 spiro atoms. The van der Waals surface area contributed by atoms with E-state index in [-0.39, 0.29) is 29.8 Å². The van der Waals surface area contributed by atoms with Crippen LogP contribution in [0.4, 0.5) is 10.5 Å². The maximum absolute atomic E-state index is 12.5. The normalized spacial score (nSPS) is 18.2. The third kappa shape index (κ3) is 4.84. The Bertz CT molecular complexity index is 683. The Morgan fingerprint density at radius 1 is 1.32 bits per heavy atom. The van der Waals surface area contributed by atoms with Crippen LogP contribution >= 0.6 is 23.2 Å². The van der Waals surface area contributed by atoms with E-state index in [2.05, 4.69) is 16.0 Å². The average molecular weight is 387 g/mol. The second-order valence-corrected chi connectivity index (χ2v) is 6.62. The number of hydrogen-bond donors (Lipinski definition) is 3. The van der Waals surface area contributed by atoms with Gasteiger partial charge in [-0.2, -0.15) is 0 Å². The van der Waals surface area contributed by atoms with Gasteiger partial charge in [-0.1, -0.05) is 23.2 Å². The zero-order valence-electron chi connectivity index (χ0n) is 13.9. The lowest BCUT2D eigenvalue weighted by Crippen LogP contribution is -2.38. The van der Waals surface area contributed by atoms with Gasteiger partial charge >= 0.3 is 6.03 Å². The summed E-state index contributed by atoms with van der Waals surface area (Å²) < 4.78 is 0. The minimum Gasteiger partial charge on any atom is -0.355 e. The highest BCUT2D eigenvalue weighted by atomic mass is 35.5. The number of urea groups is 1. The van der Waals surface area contributed by atoms with Crippen LogP contribution in [0.5, 0.6) is 0 Å². The maximum Gasteiger partial charge on any atom is 0.329 e. The first-order chi connectivity index (χ1) is 11.8. The molecule has 9 heteroatoms. The number of likely N-dealkylation sites (N-methyl/N-ethyl adjacent to an activating group) is 1. The van der Waals surface area contributed by atoms with Crippen LogP contribution in [0.1, 0.15) is 19.8 Å². The van der Waals surface area contributed by atoms with Gasteiger partial charge in [0.15, 0.2) is 0 Å². The molecule has 7 nitrogen and oxygen atoms in total. The smallest absolute Gasteiger partial charge is 0.329 e. The number of hydrogen-bond acceptors (Lipinski definition) is 4. The van der Waals surface area contributed by atoms with Crippen LogP contribution in [0.25, 0.3) is 0 Å². The van der Waals surface area contributed by atoms with Crippen molar-refractivity contribution in [3.05, 3.63) is 28.2 Å². The van der Waals surface area contributed by atoms with Crippen molar-refractivity contribution in [1.29, 1.82) is 0 Å². The van der Waals surface area contributed by atoms with Crippen molar-refractivity contribution >= 4 is 46.7 Å². The van der Waals surface area contributed by atoms with Gasteiger partial charge in [-0.25, -0.2) is 9.69 Å². The van der Waals surface area contributed by atoms with Crippen molar-refractivity contribution in [2.75, 3.05) is 18.5 Å². The molecule has 0 radical (unpaired) electrons. The fourth-order valence-corrected chi connectivity index (χ4v) is 2.62. The highest BCUT2D eigenvalue weighted by molar-refractivity contribution is 6.42. The van der Waals surface area contributed by atoms with E-state index in [9.17, 15) is 14.4 Å². The van der Waals surface area contributed by atoms with Crippen LogP contribution in [0, 0.1) is 0 Å². The molecular formula is C16H20Cl2N4O3. The SMILES string of the molecule is CNC(C)CNC(=O)CCC1NC(=O)N(c2ccc(Cl)c(Cl)c2)C1=O. The minimum atomic E-state index is -0.741. The van der Waals surface area contributed by atoms with Gasteiger partial charge in [-0.15, -0.1) is 0 Å². The van der Waals surface area contributed by atoms with Crippen molar-refractivity contribution in [2.24, 2.45) is 0 Å². The van der Waals surface area contributed by atoms with Crippen LogP contribution < -0.4 is 20.9 Å². The maximum atomic E-state index is 12.5. The van der Waals surface area contributed by atoms with Gasteiger partial charge in [0.1, 0.15) is 6.04 Å². The Morgan fingerprint density at radius 3 is 2.68 bits per heavy atom. The largest absolute Gasteiger partial charge is 0.355 e. The number of benzene rings is 1. The van der Waals surface area contributed by atoms with Gasteiger partial charge in [-0.3, -0.25) is 9.59 Å². The summed E-state index contributed by atoms with van der Waals surface area (Å²) in [7, 11) is 1.81. The summed E-state index contributed by atoms with van der Waals surface area (Å²) in [5, 5.41) is 8.95. The van der Waals surface area contributed by atoms with Crippen LogP contribution in [0.3, 0.4) is 0 Å². The molecule has 0 aliphatic carbocycles. The van der Waals surface area contributed by atoms with Crippen molar-refractivity contribution in [3.8, 4) is 0 Å². The molecule has 3 N–H and O–H groups in total. The van der Waals surface area contributed by atoms with Gasteiger partial charge < -0.3 is 16.0 Å². The highest BCUT2D eigenvalue weighted by Crippen LogP contribution is 2.29. The van der Waals surface area contributed by atoms with E-state index in [1.54, 1.807) is 13.1 Å². The summed E-state index contributed by atoms with van der Waals surface area (Å²) in [6.07, 6.45) is 0.366. The number of carbonyl (C=O) groups is 3. The zero-order valence-corrected chi connectivity index (χ0v) is 15.4. The second-order valence-electron chi connectivity index (χ2n) is 5.81. The number of carbonyl (C=O) groups excluding carboxylic acids is 3. The number of amides is 4. The van der Waals surface area contributed by atoms with E-state index in [4.69, 9.17) is 23.2 Å². The Balaban J connectivity index is 1.94. The second kappa shape index (κ2) is 8.51. The van der Waals surface area contributed by atoms with Crippen LogP contribution in [-0.4, -0.2) is 43.5 Å². The van der Waals surface area contributed by atoms with E-state index in [0.717, 1.165) is 4.90 Å². The lowest BCUT2D eigenvalue weighted by atomic mass is 10.1. The standard InChI is InChI=1S/C16H20Cl2N4O3/c1-9(19-2)8-20-14(23)6-5-13-15(24)22(16(25)21-13)10-3-4-11(17)12(18)7-10/h3-4,7,9,13,19H,5-6,8H2,1-2H3,(H,20,23)(H,21,25). The zero-order chi connectivity index (χ0) is 18.6. The number of halogens is 2. The molecule has 2 unspecified atom stereocenters. The van der Waals surface area contributed by atoms with E-state index in [0.29, 0.717) is 17.3 Å². The monoisotopic (exact) mass is 386 g/mol. The molecule has 25 heavy (non-hydrogen) atoms. The van der Waals surface area contributed by atoms with Crippen molar-refractivity contribution < 1.29 is 14.4 Å². The van der Waals surface area contributed by atoms with Crippen molar-refractivity contribution in [1.82, 2.24) is 16.0 Å². The molecule has 2 rings (SSSR count). The fourth-order valence-electron chi connectivity index (χ4n) is 2.33. The third-order valence-corrected chi connectivity index (χ3v) is 4.68. The molecule has 2 atom stereocenters. The van der Waals surface area contributed by atoms with Gasteiger partial charge in [0.25, 0.3) is 5.91 Å². The number of imide groups is 1. The quantitative estimate of drug-likeness (QED) is 0.624. The number of anilines is 1. The molecule has 136 valence electrons. The summed E-state index contributed by atoms with van der Waals surface area (Å²) in [6.45, 7) is 2.44. The van der Waals surface area contributed by atoms with Crippen LogP contribution in [-0.2, 0) is 9.59 Å². The first kappa shape index (κ1) is 19.5. The predicted octanol–water partition coefficient (Wildman–Crippen LogP) is 1.92. The molecule has 0 aromatic heterocycles. The fraction of sp³-hybridized carbons (Fsp3) is 0.438. The Labute approximate surface area is 156 Å². The summed E-state index contributed by atoms with van der Waals surface area (Å²) in [5.41, 5.74) is 0.340. The Morgan fingerprint density at radius 2 is 2.04 bits per heavy atom. The molecule has 1 saturated heterocycles. The first-order valence-electron chi connectivity index (χ1n) is 7.87. The molecule has 1 aromatic carbocycles. The number of nitrogens with zero attached hydrogens (tertiary/aromatic N) is 1. The molecule has 0 bridgehead atoms. The van der Waals surface area contributed by atoms with Crippen LogP contribution in [0.2, 0.25) is 10.0 Å². The molecule has 1 fully saturated rings. The molecule has 4 amide bonds. The third-order valence-electron chi connectivity index (χ3n) is 3.94. The molecule has 1 aliphatic rings. The van der Waals surface area contributed by atoms with Gasteiger partial charge in [0.05, 0.1) is 15.7 Å². The van der Waals surface area contributed by atoms with E-state index in [1.807, 2.05) is 6.92 Å². The topological polar surface area (TPSA) is 90.5 Å². The molecular weight excluding hydrogens is 367 g/mol. The average Bonchev–Trinajstić information content (AvgIpc) is 2.87. The van der Waals surface area contributed by atoms with Crippen molar-refractivity contribution in [3.63, 3.8) is 0 Å².